The molecule has 2 heterocycles. The lowest BCUT2D eigenvalue weighted by Crippen LogP contribution is -2.58. The van der Waals surface area contributed by atoms with E-state index >= 15 is 0 Å². The number of nitrogens with one attached hydrogen (secondary N) is 1. The van der Waals surface area contributed by atoms with Crippen LogP contribution in [0.2, 0.25) is 0 Å². The van der Waals surface area contributed by atoms with E-state index in [0.717, 1.165) is 22.0 Å². The molecule has 1 fully saturated rings. The predicted octanol–water partition coefficient (Wildman–Crippen LogP) is 4.41. The summed E-state index contributed by atoms with van der Waals surface area (Å²) in [5.74, 6) is 0.0518. The summed E-state index contributed by atoms with van der Waals surface area (Å²) in [4.78, 5) is 33.3. The van der Waals surface area contributed by atoms with E-state index < -0.39 is 0 Å². The first-order valence-electron chi connectivity index (χ1n) is 11.5. The molecule has 1 aliphatic rings. The third-order valence-corrected chi connectivity index (χ3v) is 6.44. The minimum atomic E-state index is -0.313. The minimum absolute atomic E-state index is 0.00992. The third-order valence-electron chi connectivity index (χ3n) is 6.44. The van der Waals surface area contributed by atoms with Gasteiger partial charge in [-0.15, -0.1) is 0 Å². The van der Waals surface area contributed by atoms with E-state index in [0.29, 0.717) is 31.0 Å². The number of aromatic amines is 1. The van der Waals surface area contributed by atoms with Crippen molar-refractivity contribution in [3.8, 4) is 5.75 Å². The molecular weight excluding hydrogens is 445 g/mol. The Hall–Kier alpha value is -4.13. The van der Waals surface area contributed by atoms with Gasteiger partial charge in [-0.05, 0) is 53.9 Å². The fraction of sp³-hybridized carbons (Fsp3) is 0.214. The lowest BCUT2D eigenvalue weighted by Gasteiger charge is -2.41. The molecule has 1 aliphatic heterocycles. The first-order chi connectivity index (χ1) is 17.0. The number of fused-ring (bicyclic) bond motifs is 1. The fourth-order valence-electron chi connectivity index (χ4n) is 4.62. The van der Waals surface area contributed by atoms with Crippen molar-refractivity contribution in [2.24, 2.45) is 0 Å². The Kier molecular flexibility index (Phi) is 6.23. The molecule has 5 rings (SSSR count). The molecule has 1 N–H and O–H groups in total. The van der Waals surface area contributed by atoms with Gasteiger partial charge >= 0.3 is 0 Å². The number of piperazine rings is 1. The highest BCUT2D eigenvalue weighted by atomic mass is 19.1. The van der Waals surface area contributed by atoms with Crippen LogP contribution >= 0.6 is 0 Å². The predicted molar refractivity (Wildman–Crippen MR) is 132 cm³/mol. The van der Waals surface area contributed by atoms with Crippen molar-refractivity contribution in [1.29, 1.82) is 0 Å². The molecule has 0 saturated carbocycles. The van der Waals surface area contributed by atoms with Crippen LogP contribution in [0, 0.1) is 5.82 Å². The standard InChI is InChI=1S/C28H26FN3O3/c1-35-24-11-12-25-21(14-24)15-26(30-25)28(34)31-17-23(13-19-5-3-2-4-6-19)32(27(33)18-31)16-20-7-9-22(29)10-8-20/h2-12,14-15,23,30H,13,16-18H2,1H3/t23-/m0/s1. The van der Waals surface area contributed by atoms with Crippen molar-refractivity contribution in [2.45, 2.75) is 19.0 Å². The molecule has 0 unspecified atom stereocenters. The number of amides is 2. The average Bonchev–Trinajstić information content (AvgIpc) is 3.30. The number of benzene rings is 3. The number of carbonyl (C=O) groups is 2. The maximum absolute atomic E-state index is 13.4. The van der Waals surface area contributed by atoms with E-state index in [2.05, 4.69) is 4.98 Å². The highest BCUT2D eigenvalue weighted by Gasteiger charge is 2.35. The normalized spacial score (nSPS) is 16.1. The molecule has 0 bridgehead atoms. The Balaban J connectivity index is 1.40. The number of aromatic nitrogens is 1. The van der Waals surface area contributed by atoms with E-state index in [1.165, 1.54) is 12.1 Å². The number of rotatable bonds is 6. The molecular formula is C28H26FN3O3. The number of H-pyrrole nitrogens is 1. The highest BCUT2D eigenvalue weighted by molar-refractivity contribution is 6.00. The van der Waals surface area contributed by atoms with E-state index in [-0.39, 0.29) is 30.2 Å². The maximum Gasteiger partial charge on any atom is 0.270 e. The zero-order valence-electron chi connectivity index (χ0n) is 19.4. The molecule has 0 spiro atoms. The number of hydrogen-bond acceptors (Lipinski definition) is 3. The first-order valence-corrected chi connectivity index (χ1v) is 11.5. The van der Waals surface area contributed by atoms with Crippen molar-refractivity contribution >= 4 is 22.7 Å². The van der Waals surface area contributed by atoms with Gasteiger partial charge in [-0.3, -0.25) is 9.59 Å². The molecule has 1 saturated heterocycles. The fourth-order valence-corrected chi connectivity index (χ4v) is 4.62. The lowest BCUT2D eigenvalue weighted by molar-refractivity contribution is -0.139. The molecule has 0 aliphatic carbocycles. The van der Waals surface area contributed by atoms with Crippen LogP contribution in [0.15, 0.2) is 78.9 Å². The number of carbonyl (C=O) groups excluding carboxylic acids is 2. The maximum atomic E-state index is 13.4. The topological polar surface area (TPSA) is 65.6 Å². The average molecular weight is 472 g/mol. The minimum Gasteiger partial charge on any atom is -0.497 e. The summed E-state index contributed by atoms with van der Waals surface area (Å²) in [5.41, 5.74) is 3.20. The molecule has 2 amide bonds. The number of methoxy groups -OCH3 is 1. The van der Waals surface area contributed by atoms with Gasteiger partial charge in [-0.1, -0.05) is 42.5 Å². The van der Waals surface area contributed by atoms with Gasteiger partial charge in [0, 0.05) is 24.0 Å². The van der Waals surface area contributed by atoms with Crippen molar-refractivity contribution < 1.29 is 18.7 Å². The molecule has 4 aromatic rings. The Morgan fingerprint density at radius 2 is 1.80 bits per heavy atom. The van der Waals surface area contributed by atoms with E-state index in [4.69, 9.17) is 4.74 Å². The van der Waals surface area contributed by atoms with Gasteiger partial charge in [0.15, 0.2) is 0 Å². The molecule has 7 heteroatoms. The van der Waals surface area contributed by atoms with Gasteiger partial charge in [0.05, 0.1) is 13.2 Å². The van der Waals surface area contributed by atoms with Gasteiger partial charge in [0.25, 0.3) is 5.91 Å². The van der Waals surface area contributed by atoms with Crippen LogP contribution in [-0.4, -0.2) is 52.8 Å². The van der Waals surface area contributed by atoms with E-state index in [1.807, 2.05) is 48.5 Å². The second-order valence-corrected chi connectivity index (χ2v) is 8.81. The molecule has 6 nitrogen and oxygen atoms in total. The van der Waals surface area contributed by atoms with E-state index in [1.54, 1.807) is 35.1 Å². The summed E-state index contributed by atoms with van der Waals surface area (Å²) in [7, 11) is 1.60. The molecule has 0 radical (unpaired) electrons. The number of ether oxygens (including phenoxy) is 1. The van der Waals surface area contributed by atoms with Gasteiger partial charge in [0.2, 0.25) is 5.91 Å². The SMILES string of the molecule is COc1ccc2[nH]c(C(=O)N3CC(=O)N(Cc4ccc(F)cc4)[C@@H](Cc4ccccc4)C3)cc2c1. The Labute approximate surface area is 202 Å². The molecule has 178 valence electrons. The Morgan fingerprint density at radius 1 is 1.03 bits per heavy atom. The summed E-state index contributed by atoms with van der Waals surface area (Å²) < 4.78 is 18.7. The zero-order valence-corrected chi connectivity index (χ0v) is 19.4. The third kappa shape index (κ3) is 4.89. The van der Waals surface area contributed by atoms with Crippen LogP contribution in [0.25, 0.3) is 10.9 Å². The van der Waals surface area contributed by atoms with Crippen molar-refractivity contribution in [3.63, 3.8) is 0 Å². The van der Waals surface area contributed by atoms with Crippen LogP contribution in [0.5, 0.6) is 5.75 Å². The first kappa shape index (κ1) is 22.7. The van der Waals surface area contributed by atoms with Crippen LogP contribution in [0.4, 0.5) is 4.39 Å². The molecule has 35 heavy (non-hydrogen) atoms. The monoisotopic (exact) mass is 471 g/mol. The van der Waals surface area contributed by atoms with Crippen molar-refractivity contribution in [1.82, 2.24) is 14.8 Å². The Morgan fingerprint density at radius 3 is 2.54 bits per heavy atom. The molecule has 1 atom stereocenters. The lowest BCUT2D eigenvalue weighted by atomic mass is 10.0. The summed E-state index contributed by atoms with van der Waals surface area (Å²) in [6.07, 6.45) is 0.613. The van der Waals surface area contributed by atoms with Gasteiger partial charge in [-0.25, -0.2) is 4.39 Å². The van der Waals surface area contributed by atoms with E-state index in [9.17, 15) is 14.0 Å². The van der Waals surface area contributed by atoms with Crippen molar-refractivity contribution in [2.75, 3.05) is 20.2 Å². The number of halogens is 1. The van der Waals surface area contributed by atoms with Crippen molar-refractivity contribution in [3.05, 3.63) is 102 Å². The van der Waals surface area contributed by atoms with Crippen LogP contribution in [0.3, 0.4) is 0 Å². The number of nitrogens with zero attached hydrogens (tertiary/aromatic N) is 2. The van der Waals surface area contributed by atoms with Crippen LogP contribution in [0.1, 0.15) is 21.6 Å². The van der Waals surface area contributed by atoms with Gasteiger partial charge < -0.3 is 19.5 Å². The van der Waals surface area contributed by atoms with Crippen LogP contribution in [-0.2, 0) is 17.8 Å². The second-order valence-electron chi connectivity index (χ2n) is 8.81. The van der Waals surface area contributed by atoms with Gasteiger partial charge in [-0.2, -0.15) is 0 Å². The summed E-state index contributed by atoms with van der Waals surface area (Å²) in [6.45, 7) is 0.758. The molecule has 3 aromatic carbocycles. The second kappa shape index (κ2) is 9.62. The summed E-state index contributed by atoms with van der Waals surface area (Å²) in [6, 6.07) is 23.3. The van der Waals surface area contributed by atoms with Crippen LogP contribution < -0.4 is 4.74 Å². The number of hydrogen-bond donors (Lipinski definition) is 1. The summed E-state index contributed by atoms with van der Waals surface area (Å²) in [5, 5.41) is 0.870. The summed E-state index contributed by atoms with van der Waals surface area (Å²) >= 11 is 0. The highest BCUT2D eigenvalue weighted by Crippen LogP contribution is 2.24. The smallest absolute Gasteiger partial charge is 0.270 e. The largest absolute Gasteiger partial charge is 0.497 e. The molecule has 1 aromatic heterocycles. The zero-order chi connectivity index (χ0) is 24.4. The quantitative estimate of drug-likeness (QED) is 0.453. The Bertz CT molecular complexity index is 1350. The van der Waals surface area contributed by atoms with Gasteiger partial charge in [0.1, 0.15) is 23.8 Å².